The Morgan fingerprint density at radius 1 is 1.07 bits per heavy atom. The topological polar surface area (TPSA) is 125 Å². The number of fused-ring (bicyclic) bond motifs is 1. The first kappa shape index (κ1) is 33.9. The number of nitrogens with two attached hydrogens (primary N) is 1. The van der Waals surface area contributed by atoms with E-state index in [-0.39, 0.29) is 17.6 Å². The molecule has 0 bridgehead atoms. The first-order chi connectivity index (χ1) is 20.6. The average Bonchev–Trinajstić information content (AvgIpc) is 3.40. The molecule has 1 unspecified atom stereocenters. The molecule has 0 fully saturated rings. The lowest BCUT2D eigenvalue weighted by molar-refractivity contribution is 0.235. The van der Waals surface area contributed by atoms with Crippen LogP contribution in [-0.2, 0) is 22.0 Å². The number of hydrogen-bond acceptors (Lipinski definition) is 7. The van der Waals surface area contributed by atoms with Crippen LogP contribution in [0.5, 0.6) is 5.75 Å². The Morgan fingerprint density at radius 3 is 2.48 bits per heavy atom. The maximum absolute atomic E-state index is 12.1. The van der Waals surface area contributed by atoms with E-state index < -0.39 is 24.1 Å². The molecule has 3 N–H and O–H groups in total. The summed E-state index contributed by atoms with van der Waals surface area (Å²) in [7, 11) is -3.39. The number of hydrogen-bond donors (Lipinski definition) is 2. The summed E-state index contributed by atoms with van der Waals surface area (Å²) in [6.07, 6.45) is 2.94. The highest BCUT2D eigenvalue weighted by Gasteiger charge is 2.37. The third-order valence-corrected chi connectivity index (χ3v) is 14.3. The highest BCUT2D eigenvalue weighted by atomic mass is 32.2. The van der Waals surface area contributed by atoms with Crippen LogP contribution in [0.3, 0.4) is 0 Å². The second-order valence-corrected chi connectivity index (χ2v) is 20.0. The summed E-state index contributed by atoms with van der Waals surface area (Å²) in [4.78, 5) is 9.92. The van der Waals surface area contributed by atoms with Gasteiger partial charge in [0.1, 0.15) is 5.75 Å². The van der Waals surface area contributed by atoms with Crippen molar-refractivity contribution in [3.8, 4) is 22.8 Å². The molecule has 0 aliphatic rings. The monoisotopic (exact) mass is 637 g/mol. The average molecular weight is 638 g/mol. The Hall–Kier alpha value is -2.96. The van der Waals surface area contributed by atoms with E-state index >= 15 is 0 Å². The number of ether oxygens (including phenoxy) is 1. The van der Waals surface area contributed by atoms with Gasteiger partial charge in [-0.05, 0) is 80.7 Å². The fourth-order valence-electron chi connectivity index (χ4n) is 4.74. The van der Waals surface area contributed by atoms with Gasteiger partial charge in [0.25, 0.3) is 0 Å². The SMILES string of the molecule is C[C@@H](CC(C)(C)S(N)=O)c1cccc(-c2cc(OCCCO)c3cnn(-c4cccc(CO[Si](C)(C)C(C)(C)C)n4)c3c2)n1. The van der Waals surface area contributed by atoms with Crippen molar-refractivity contribution in [2.75, 3.05) is 13.2 Å². The third kappa shape index (κ3) is 7.81. The number of aliphatic hydroxyl groups is 1. The largest absolute Gasteiger partial charge is 0.493 e. The highest BCUT2D eigenvalue weighted by Crippen LogP contribution is 2.37. The van der Waals surface area contributed by atoms with Gasteiger partial charge in [-0.2, -0.15) is 5.10 Å². The lowest BCUT2D eigenvalue weighted by Crippen LogP contribution is -2.40. The molecule has 9 nitrogen and oxygen atoms in total. The summed E-state index contributed by atoms with van der Waals surface area (Å²) in [6.45, 7) is 17.9. The lowest BCUT2D eigenvalue weighted by atomic mass is 9.94. The van der Waals surface area contributed by atoms with Crippen molar-refractivity contribution in [1.82, 2.24) is 19.7 Å². The second kappa shape index (κ2) is 13.6. The predicted octanol–water partition coefficient (Wildman–Crippen LogP) is 6.66. The molecule has 0 aliphatic heterocycles. The van der Waals surface area contributed by atoms with Crippen molar-refractivity contribution in [1.29, 1.82) is 0 Å². The van der Waals surface area contributed by atoms with Gasteiger partial charge < -0.3 is 14.3 Å². The Bertz CT molecular complexity index is 1620. The van der Waals surface area contributed by atoms with Crippen LogP contribution in [0.2, 0.25) is 18.1 Å². The Labute approximate surface area is 264 Å². The summed E-state index contributed by atoms with van der Waals surface area (Å²) in [5.41, 5.74) is 4.22. The van der Waals surface area contributed by atoms with Crippen LogP contribution >= 0.6 is 0 Å². The Morgan fingerprint density at radius 2 is 1.80 bits per heavy atom. The number of benzene rings is 1. The van der Waals surface area contributed by atoms with Gasteiger partial charge in [-0.25, -0.2) is 13.9 Å². The molecule has 3 heterocycles. The van der Waals surface area contributed by atoms with Crippen LogP contribution in [0.4, 0.5) is 0 Å². The van der Waals surface area contributed by atoms with Crippen molar-refractivity contribution in [3.63, 3.8) is 0 Å². The van der Waals surface area contributed by atoms with E-state index in [1.54, 1.807) is 6.20 Å². The molecule has 11 heteroatoms. The molecule has 3 aromatic heterocycles. The van der Waals surface area contributed by atoms with E-state index in [2.05, 4.69) is 46.9 Å². The highest BCUT2D eigenvalue weighted by molar-refractivity contribution is 7.84. The smallest absolute Gasteiger partial charge is 0.192 e. The maximum atomic E-state index is 12.1. The molecule has 0 amide bonds. The normalized spacial score (nSPS) is 14.1. The molecule has 4 aromatic rings. The number of aliphatic hydroxyl groups excluding tert-OH is 1. The van der Waals surface area contributed by atoms with Gasteiger partial charge in [-0.15, -0.1) is 0 Å². The van der Waals surface area contributed by atoms with Crippen LogP contribution in [-0.4, -0.2) is 55.3 Å². The molecular weight excluding hydrogens is 591 g/mol. The van der Waals surface area contributed by atoms with E-state index in [1.165, 1.54) is 0 Å². The van der Waals surface area contributed by atoms with E-state index in [1.807, 2.05) is 61.0 Å². The van der Waals surface area contributed by atoms with E-state index in [0.29, 0.717) is 37.6 Å². The molecular formula is C33H47N5O4SSi. The second-order valence-electron chi connectivity index (χ2n) is 13.5. The van der Waals surface area contributed by atoms with Crippen molar-refractivity contribution >= 4 is 30.2 Å². The molecule has 0 spiro atoms. The van der Waals surface area contributed by atoms with Crippen LogP contribution in [0.25, 0.3) is 28.0 Å². The Kier molecular flexibility index (Phi) is 10.5. The van der Waals surface area contributed by atoms with E-state index in [9.17, 15) is 9.32 Å². The summed E-state index contributed by atoms with van der Waals surface area (Å²) in [5, 5.41) is 20.8. The maximum Gasteiger partial charge on any atom is 0.192 e. The predicted molar refractivity (Wildman–Crippen MR) is 181 cm³/mol. The van der Waals surface area contributed by atoms with Gasteiger partial charge in [0.15, 0.2) is 14.1 Å². The van der Waals surface area contributed by atoms with Crippen molar-refractivity contribution in [2.24, 2.45) is 5.14 Å². The minimum Gasteiger partial charge on any atom is -0.493 e. The third-order valence-electron chi connectivity index (χ3n) is 8.52. The molecule has 0 saturated carbocycles. The van der Waals surface area contributed by atoms with Crippen molar-refractivity contribution in [2.45, 2.75) is 89.8 Å². The standard InChI is InChI=1S/C33H47N5O4SSi/c1-23(20-33(5,6)43(34)40)27-13-10-14-28(37-27)24-18-29-26(30(19-24)41-17-11-16-39)21-35-38(29)31-15-9-12-25(36-31)22-42-44(7,8)32(2,3)4/h9-10,12-15,18-19,21,23,39H,11,16-17,20,22,34H2,1-8H3/t23-,43?/m0/s1. The first-order valence-electron chi connectivity index (χ1n) is 15.1. The van der Waals surface area contributed by atoms with Crippen LogP contribution in [0.15, 0.2) is 54.7 Å². The van der Waals surface area contributed by atoms with Crippen LogP contribution < -0.4 is 9.88 Å². The quantitative estimate of drug-likeness (QED) is 0.124. The number of aromatic nitrogens is 4. The first-order valence-corrected chi connectivity index (χ1v) is 19.2. The molecule has 238 valence electrons. The minimum absolute atomic E-state index is 0.0428. The van der Waals surface area contributed by atoms with E-state index in [4.69, 9.17) is 29.4 Å². The van der Waals surface area contributed by atoms with Gasteiger partial charge in [-0.3, -0.25) is 10.1 Å². The van der Waals surface area contributed by atoms with Gasteiger partial charge in [0.2, 0.25) is 0 Å². The lowest BCUT2D eigenvalue weighted by Gasteiger charge is -2.36. The molecule has 0 aliphatic carbocycles. The van der Waals surface area contributed by atoms with Gasteiger partial charge in [-0.1, -0.05) is 39.8 Å². The molecule has 1 aromatic carbocycles. The summed E-state index contributed by atoms with van der Waals surface area (Å²) in [6, 6.07) is 15.9. The summed E-state index contributed by atoms with van der Waals surface area (Å²) >= 11 is 0. The summed E-state index contributed by atoms with van der Waals surface area (Å²) < 4.78 is 25.9. The molecule has 0 saturated heterocycles. The van der Waals surface area contributed by atoms with Gasteiger partial charge >= 0.3 is 0 Å². The Balaban J connectivity index is 1.73. The fraction of sp³-hybridized carbons (Fsp3) is 0.485. The zero-order valence-corrected chi connectivity index (χ0v) is 29.1. The number of pyridine rings is 2. The van der Waals surface area contributed by atoms with Crippen LogP contribution in [0, 0.1) is 0 Å². The van der Waals surface area contributed by atoms with Crippen LogP contribution in [0.1, 0.15) is 71.7 Å². The number of nitrogens with zero attached hydrogens (tertiary/aromatic N) is 4. The molecule has 2 atom stereocenters. The van der Waals surface area contributed by atoms with E-state index in [0.717, 1.165) is 33.5 Å². The zero-order valence-electron chi connectivity index (χ0n) is 27.3. The molecule has 44 heavy (non-hydrogen) atoms. The van der Waals surface area contributed by atoms with Gasteiger partial charge in [0.05, 0.1) is 57.4 Å². The molecule has 0 radical (unpaired) electrons. The van der Waals surface area contributed by atoms with Crippen molar-refractivity contribution < 1.29 is 18.5 Å². The number of rotatable bonds is 13. The molecule has 4 rings (SSSR count). The van der Waals surface area contributed by atoms with Gasteiger partial charge in [0, 0.05) is 24.3 Å². The van der Waals surface area contributed by atoms with Crippen molar-refractivity contribution in [3.05, 3.63) is 66.1 Å². The minimum atomic E-state index is -1.94. The fourth-order valence-corrected chi connectivity index (χ4v) is 6.09. The zero-order chi connectivity index (χ0) is 32.3. The summed E-state index contributed by atoms with van der Waals surface area (Å²) in [5.74, 6) is 1.39.